The van der Waals surface area contributed by atoms with Gasteiger partial charge in [-0.1, -0.05) is 11.6 Å². The Kier molecular flexibility index (Phi) is 3.84. The van der Waals surface area contributed by atoms with Gasteiger partial charge in [0.1, 0.15) is 5.82 Å². The lowest BCUT2D eigenvalue weighted by Crippen LogP contribution is -2.12. The maximum atomic E-state index is 11.9. The van der Waals surface area contributed by atoms with Gasteiger partial charge in [-0.15, -0.1) is 0 Å². The van der Waals surface area contributed by atoms with E-state index in [0.29, 0.717) is 22.1 Å². The molecule has 1 aromatic heterocycles. The molecule has 2 aromatic rings. The quantitative estimate of drug-likeness (QED) is 0.889. The third-order valence-corrected chi connectivity index (χ3v) is 3.15. The molecule has 1 amide bonds. The maximum Gasteiger partial charge on any atom is 0.257 e. The molecule has 3 N–H and O–H groups in total. The normalized spacial score (nSPS) is 10.1. The summed E-state index contributed by atoms with van der Waals surface area (Å²) in [7, 11) is 0. The molecule has 0 radical (unpaired) electrons. The molecule has 18 heavy (non-hydrogen) atoms. The highest BCUT2D eigenvalue weighted by molar-refractivity contribution is 9.10. The van der Waals surface area contributed by atoms with Crippen molar-refractivity contribution < 1.29 is 4.79 Å². The van der Waals surface area contributed by atoms with Crippen LogP contribution >= 0.6 is 27.5 Å². The fourth-order valence-electron chi connectivity index (χ4n) is 1.33. The van der Waals surface area contributed by atoms with Gasteiger partial charge in [0, 0.05) is 15.7 Å². The van der Waals surface area contributed by atoms with Crippen LogP contribution in [0.3, 0.4) is 0 Å². The van der Waals surface area contributed by atoms with Crippen molar-refractivity contribution in [2.24, 2.45) is 0 Å². The monoisotopic (exact) mass is 325 g/mol. The van der Waals surface area contributed by atoms with E-state index in [0.717, 1.165) is 4.47 Å². The summed E-state index contributed by atoms with van der Waals surface area (Å²) in [4.78, 5) is 15.8. The molecule has 0 fully saturated rings. The minimum atomic E-state index is -0.273. The molecule has 0 aliphatic rings. The molecule has 0 aliphatic heterocycles. The summed E-state index contributed by atoms with van der Waals surface area (Å²) >= 11 is 9.20. The van der Waals surface area contributed by atoms with Crippen molar-refractivity contribution in [3.8, 4) is 0 Å². The summed E-state index contributed by atoms with van der Waals surface area (Å²) in [6.45, 7) is 0. The molecule has 0 atom stereocenters. The number of hydrogen-bond acceptors (Lipinski definition) is 3. The fraction of sp³-hybridized carbons (Fsp3) is 0. The number of nitrogens with two attached hydrogens (primary N) is 1. The Morgan fingerprint density at radius 2 is 2.11 bits per heavy atom. The van der Waals surface area contributed by atoms with Crippen LogP contribution in [0.15, 0.2) is 41.0 Å². The number of carbonyl (C=O) groups excluding carboxylic acids is 1. The second-order valence-electron chi connectivity index (χ2n) is 3.55. The van der Waals surface area contributed by atoms with E-state index in [1.165, 1.54) is 6.20 Å². The zero-order valence-electron chi connectivity index (χ0n) is 9.15. The third kappa shape index (κ3) is 3.00. The first-order valence-corrected chi connectivity index (χ1v) is 6.21. The number of hydrogen-bond donors (Lipinski definition) is 2. The van der Waals surface area contributed by atoms with E-state index in [1.807, 2.05) is 0 Å². The van der Waals surface area contributed by atoms with E-state index in [9.17, 15) is 4.79 Å². The zero-order chi connectivity index (χ0) is 13.1. The van der Waals surface area contributed by atoms with Gasteiger partial charge >= 0.3 is 0 Å². The van der Waals surface area contributed by atoms with Crippen molar-refractivity contribution in [1.82, 2.24) is 4.98 Å². The van der Waals surface area contributed by atoms with Gasteiger partial charge in [0.2, 0.25) is 0 Å². The lowest BCUT2D eigenvalue weighted by Gasteiger charge is -2.07. The highest BCUT2D eigenvalue weighted by Gasteiger charge is 2.09. The number of amides is 1. The molecule has 4 nitrogen and oxygen atoms in total. The minimum absolute atomic E-state index is 0.273. The molecular weight excluding hydrogens is 318 g/mol. The molecule has 0 aliphatic carbocycles. The van der Waals surface area contributed by atoms with Gasteiger partial charge in [0.05, 0.1) is 11.3 Å². The van der Waals surface area contributed by atoms with Gasteiger partial charge in [0.25, 0.3) is 5.91 Å². The summed E-state index contributed by atoms with van der Waals surface area (Å²) in [5.74, 6) is 0.0981. The molecule has 6 heteroatoms. The maximum absolute atomic E-state index is 11.9. The Morgan fingerprint density at radius 1 is 1.33 bits per heavy atom. The Balaban J connectivity index is 2.21. The Hall–Kier alpha value is -1.59. The summed E-state index contributed by atoms with van der Waals surface area (Å²) < 4.78 is 0.753. The van der Waals surface area contributed by atoms with E-state index < -0.39 is 0 Å². The number of aromatic nitrogens is 1. The summed E-state index contributed by atoms with van der Waals surface area (Å²) in [5, 5.41) is 3.28. The van der Waals surface area contributed by atoms with E-state index in [4.69, 9.17) is 17.3 Å². The van der Waals surface area contributed by atoms with E-state index in [2.05, 4.69) is 26.2 Å². The fourth-order valence-corrected chi connectivity index (χ4v) is 1.85. The average Bonchev–Trinajstić information content (AvgIpc) is 2.34. The number of rotatable bonds is 2. The molecular formula is C12H9BrClN3O. The van der Waals surface area contributed by atoms with Crippen LogP contribution in [0, 0.1) is 0 Å². The predicted molar refractivity (Wildman–Crippen MR) is 75.8 cm³/mol. The van der Waals surface area contributed by atoms with E-state index in [-0.39, 0.29) is 5.91 Å². The van der Waals surface area contributed by atoms with Gasteiger partial charge in [-0.3, -0.25) is 4.79 Å². The number of pyridine rings is 1. The molecule has 92 valence electrons. The van der Waals surface area contributed by atoms with Crippen LogP contribution < -0.4 is 11.1 Å². The average molecular weight is 327 g/mol. The Morgan fingerprint density at radius 3 is 2.78 bits per heavy atom. The predicted octanol–water partition coefficient (Wildman–Crippen LogP) is 3.33. The van der Waals surface area contributed by atoms with Crippen LogP contribution in [0.4, 0.5) is 11.5 Å². The van der Waals surface area contributed by atoms with Crippen LogP contribution in [0.5, 0.6) is 0 Å². The Labute approximate surface area is 117 Å². The van der Waals surface area contributed by atoms with Crippen molar-refractivity contribution in [3.05, 3.63) is 51.6 Å². The van der Waals surface area contributed by atoms with Crippen LogP contribution in [0.25, 0.3) is 0 Å². The van der Waals surface area contributed by atoms with Gasteiger partial charge in [-0.05, 0) is 46.3 Å². The van der Waals surface area contributed by atoms with Gasteiger partial charge < -0.3 is 11.1 Å². The highest BCUT2D eigenvalue weighted by atomic mass is 79.9. The first-order valence-electron chi connectivity index (χ1n) is 5.04. The van der Waals surface area contributed by atoms with Crippen molar-refractivity contribution in [3.63, 3.8) is 0 Å². The number of carbonyl (C=O) groups is 1. The standard InChI is InChI=1S/C12H9BrClN3O/c13-9-3-2-8(14)5-10(9)17-12(18)7-1-4-11(15)16-6-7/h1-6H,(H2,15,16)(H,17,18). The second kappa shape index (κ2) is 5.37. The van der Waals surface area contributed by atoms with Crippen LogP contribution in [-0.2, 0) is 0 Å². The number of benzene rings is 1. The van der Waals surface area contributed by atoms with Gasteiger partial charge in [0.15, 0.2) is 0 Å². The number of nitrogens with one attached hydrogen (secondary N) is 1. The molecule has 1 heterocycles. The molecule has 0 bridgehead atoms. The molecule has 2 rings (SSSR count). The topological polar surface area (TPSA) is 68.0 Å². The van der Waals surface area contributed by atoms with E-state index in [1.54, 1.807) is 30.3 Å². The first kappa shape index (κ1) is 12.9. The largest absolute Gasteiger partial charge is 0.384 e. The van der Waals surface area contributed by atoms with E-state index >= 15 is 0 Å². The van der Waals surface area contributed by atoms with Crippen molar-refractivity contribution in [1.29, 1.82) is 0 Å². The second-order valence-corrected chi connectivity index (χ2v) is 4.84. The van der Waals surface area contributed by atoms with Crippen molar-refractivity contribution in [2.45, 2.75) is 0 Å². The van der Waals surface area contributed by atoms with Crippen LogP contribution in [0.1, 0.15) is 10.4 Å². The molecule has 0 saturated carbocycles. The van der Waals surface area contributed by atoms with Crippen molar-refractivity contribution >= 4 is 44.9 Å². The first-order chi connectivity index (χ1) is 8.56. The zero-order valence-corrected chi connectivity index (χ0v) is 11.5. The highest BCUT2D eigenvalue weighted by Crippen LogP contribution is 2.26. The minimum Gasteiger partial charge on any atom is -0.384 e. The number of nitrogens with zero attached hydrogens (tertiary/aromatic N) is 1. The number of halogens is 2. The summed E-state index contributed by atoms with van der Waals surface area (Å²) in [5.41, 5.74) is 6.48. The van der Waals surface area contributed by atoms with Gasteiger partial charge in [-0.25, -0.2) is 4.98 Å². The van der Waals surface area contributed by atoms with Gasteiger partial charge in [-0.2, -0.15) is 0 Å². The molecule has 0 unspecified atom stereocenters. The molecule has 0 saturated heterocycles. The van der Waals surface area contributed by atoms with Crippen LogP contribution in [0.2, 0.25) is 5.02 Å². The summed E-state index contributed by atoms with van der Waals surface area (Å²) in [6, 6.07) is 8.33. The molecule has 1 aromatic carbocycles. The molecule has 0 spiro atoms. The number of nitrogen functional groups attached to an aromatic ring is 1. The lowest BCUT2D eigenvalue weighted by atomic mass is 10.2. The number of anilines is 2. The smallest absolute Gasteiger partial charge is 0.257 e. The van der Waals surface area contributed by atoms with Crippen LogP contribution in [-0.4, -0.2) is 10.9 Å². The lowest BCUT2D eigenvalue weighted by molar-refractivity contribution is 0.102. The summed E-state index contributed by atoms with van der Waals surface area (Å²) in [6.07, 6.45) is 1.42. The Bertz CT molecular complexity index is 586. The third-order valence-electron chi connectivity index (χ3n) is 2.23. The SMILES string of the molecule is Nc1ccc(C(=O)Nc2cc(Cl)ccc2Br)cn1. The van der Waals surface area contributed by atoms with Crippen molar-refractivity contribution in [2.75, 3.05) is 11.1 Å².